The average molecular weight is 283 g/mol. The van der Waals surface area contributed by atoms with E-state index in [1.807, 2.05) is 5.32 Å². The second-order valence-electron chi connectivity index (χ2n) is 3.93. The minimum Gasteiger partial charge on any atom is -0.480 e. The Balaban J connectivity index is 2.76. The first-order valence-electron chi connectivity index (χ1n) is 5.51. The van der Waals surface area contributed by atoms with E-state index in [2.05, 4.69) is 5.32 Å². The van der Waals surface area contributed by atoms with Gasteiger partial charge in [0.15, 0.2) is 6.04 Å². The summed E-state index contributed by atoms with van der Waals surface area (Å²) in [6, 6.07) is 1.57. The largest absolute Gasteiger partial charge is 0.480 e. The molecule has 0 spiro atoms. The van der Waals surface area contributed by atoms with Crippen LogP contribution in [0.2, 0.25) is 0 Å². The number of nitro benzene ring substituents is 1. The Morgan fingerprint density at radius 3 is 2.55 bits per heavy atom. The standard InChI is InChI=1S/C11H13N3O6/c1-6-4-7(14(19)20)2-3-8(6)12-11(18)13-9(5-15)10(16)17/h2-4,9,15H,5H2,1H3,(H,16,17)(H2,12,13,18)/t9-/m1/s1. The number of aryl methyl sites for hydroxylation is 1. The number of benzene rings is 1. The molecule has 0 fully saturated rings. The van der Waals surface area contributed by atoms with Crippen LogP contribution in [0.5, 0.6) is 0 Å². The van der Waals surface area contributed by atoms with Crippen LogP contribution in [0.1, 0.15) is 5.56 Å². The van der Waals surface area contributed by atoms with Crippen molar-refractivity contribution in [2.75, 3.05) is 11.9 Å². The lowest BCUT2D eigenvalue weighted by molar-refractivity contribution is -0.384. The Labute approximate surface area is 113 Å². The number of rotatable bonds is 5. The zero-order valence-corrected chi connectivity index (χ0v) is 10.5. The molecule has 0 heterocycles. The highest BCUT2D eigenvalue weighted by Crippen LogP contribution is 2.20. The number of anilines is 1. The number of hydrogen-bond acceptors (Lipinski definition) is 5. The molecule has 20 heavy (non-hydrogen) atoms. The van der Waals surface area contributed by atoms with E-state index in [1.54, 1.807) is 6.92 Å². The number of nitro groups is 1. The van der Waals surface area contributed by atoms with Crippen molar-refractivity contribution in [1.82, 2.24) is 5.32 Å². The topological polar surface area (TPSA) is 142 Å². The van der Waals surface area contributed by atoms with Crippen molar-refractivity contribution < 1.29 is 24.7 Å². The summed E-state index contributed by atoms with van der Waals surface area (Å²) in [6.45, 7) is 0.811. The molecule has 9 nitrogen and oxygen atoms in total. The normalized spacial score (nSPS) is 11.5. The number of aliphatic hydroxyl groups excluding tert-OH is 1. The number of aliphatic hydroxyl groups is 1. The van der Waals surface area contributed by atoms with E-state index >= 15 is 0 Å². The summed E-state index contributed by atoms with van der Waals surface area (Å²) in [7, 11) is 0. The van der Waals surface area contributed by atoms with Gasteiger partial charge < -0.3 is 20.8 Å². The number of carboxylic acid groups (broad SMARTS) is 1. The van der Waals surface area contributed by atoms with Crippen molar-refractivity contribution in [3.63, 3.8) is 0 Å². The molecule has 0 unspecified atom stereocenters. The molecule has 4 N–H and O–H groups in total. The maximum absolute atomic E-state index is 11.5. The first-order valence-corrected chi connectivity index (χ1v) is 5.51. The Morgan fingerprint density at radius 2 is 2.10 bits per heavy atom. The molecule has 0 aliphatic heterocycles. The van der Waals surface area contributed by atoms with Crippen LogP contribution in [0.4, 0.5) is 16.2 Å². The quantitative estimate of drug-likeness (QED) is 0.457. The van der Waals surface area contributed by atoms with Gasteiger partial charge in [0, 0.05) is 17.8 Å². The van der Waals surface area contributed by atoms with Crippen LogP contribution in [0, 0.1) is 17.0 Å². The van der Waals surface area contributed by atoms with Crippen LogP contribution in [0.15, 0.2) is 18.2 Å². The van der Waals surface area contributed by atoms with E-state index in [0.717, 1.165) is 0 Å². The third kappa shape index (κ3) is 3.92. The molecule has 108 valence electrons. The minimum atomic E-state index is -1.42. The highest BCUT2D eigenvalue weighted by atomic mass is 16.6. The molecule has 1 aromatic rings. The van der Waals surface area contributed by atoms with Gasteiger partial charge in [-0.25, -0.2) is 9.59 Å². The second-order valence-corrected chi connectivity index (χ2v) is 3.93. The van der Waals surface area contributed by atoms with Crippen LogP contribution in [-0.2, 0) is 4.79 Å². The van der Waals surface area contributed by atoms with Crippen LogP contribution in [-0.4, -0.2) is 39.8 Å². The van der Waals surface area contributed by atoms with Gasteiger partial charge in [0.05, 0.1) is 11.5 Å². The van der Waals surface area contributed by atoms with Gasteiger partial charge in [-0.05, 0) is 18.6 Å². The van der Waals surface area contributed by atoms with Gasteiger partial charge in [0.2, 0.25) is 0 Å². The summed E-state index contributed by atoms with van der Waals surface area (Å²) in [5, 5.41) is 32.4. The van der Waals surface area contributed by atoms with E-state index in [4.69, 9.17) is 10.2 Å². The van der Waals surface area contributed by atoms with Crippen LogP contribution < -0.4 is 10.6 Å². The van der Waals surface area contributed by atoms with Crippen molar-refractivity contribution in [1.29, 1.82) is 0 Å². The molecular formula is C11H13N3O6. The molecule has 1 rings (SSSR count). The molecule has 0 saturated heterocycles. The first kappa shape index (κ1) is 15.4. The molecule has 1 atom stereocenters. The molecule has 0 radical (unpaired) electrons. The van der Waals surface area contributed by atoms with Crippen molar-refractivity contribution in [2.24, 2.45) is 0 Å². The number of hydrogen-bond donors (Lipinski definition) is 4. The third-order valence-electron chi connectivity index (χ3n) is 2.46. The molecule has 2 amide bonds. The number of amides is 2. The predicted octanol–water partition coefficient (Wildman–Crippen LogP) is 0.470. The predicted molar refractivity (Wildman–Crippen MR) is 68.5 cm³/mol. The number of urea groups is 1. The van der Waals surface area contributed by atoms with Crippen molar-refractivity contribution in [3.05, 3.63) is 33.9 Å². The lowest BCUT2D eigenvalue weighted by Crippen LogP contribution is -2.45. The van der Waals surface area contributed by atoms with Crippen molar-refractivity contribution in [2.45, 2.75) is 13.0 Å². The molecule has 0 bridgehead atoms. The smallest absolute Gasteiger partial charge is 0.328 e. The maximum atomic E-state index is 11.5. The second kappa shape index (κ2) is 6.48. The lowest BCUT2D eigenvalue weighted by Gasteiger charge is -2.13. The number of nitrogens with zero attached hydrogens (tertiary/aromatic N) is 1. The van der Waals surface area contributed by atoms with Crippen molar-refractivity contribution >= 4 is 23.4 Å². The summed E-state index contributed by atoms with van der Waals surface area (Å²) in [6.07, 6.45) is 0. The monoisotopic (exact) mass is 283 g/mol. The maximum Gasteiger partial charge on any atom is 0.328 e. The minimum absolute atomic E-state index is 0.118. The molecule has 0 aliphatic rings. The summed E-state index contributed by atoms with van der Waals surface area (Å²) < 4.78 is 0. The van der Waals surface area contributed by atoms with Crippen LogP contribution in [0.3, 0.4) is 0 Å². The Bertz CT molecular complexity index is 545. The fourth-order valence-corrected chi connectivity index (χ4v) is 1.40. The molecule has 0 aliphatic carbocycles. The number of carbonyl (C=O) groups excluding carboxylic acids is 1. The number of aliphatic carboxylic acids is 1. The molecular weight excluding hydrogens is 270 g/mol. The van der Waals surface area contributed by atoms with Gasteiger partial charge in [-0.3, -0.25) is 10.1 Å². The molecule has 0 aromatic heterocycles. The average Bonchev–Trinajstić information content (AvgIpc) is 2.37. The van der Waals surface area contributed by atoms with Gasteiger partial charge in [0.1, 0.15) is 0 Å². The summed E-state index contributed by atoms with van der Waals surface area (Å²) >= 11 is 0. The summed E-state index contributed by atoms with van der Waals surface area (Å²) in [4.78, 5) is 32.1. The number of non-ortho nitro benzene ring substituents is 1. The SMILES string of the molecule is Cc1cc([N+](=O)[O-])ccc1NC(=O)N[C@H](CO)C(=O)O. The van der Waals surface area contributed by atoms with E-state index in [0.29, 0.717) is 11.3 Å². The van der Waals surface area contributed by atoms with E-state index in [-0.39, 0.29) is 5.69 Å². The lowest BCUT2D eigenvalue weighted by atomic mass is 10.2. The number of carboxylic acids is 1. The van der Waals surface area contributed by atoms with Crippen LogP contribution in [0.25, 0.3) is 0 Å². The molecule has 9 heteroatoms. The summed E-state index contributed by atoms with van der Waals surface area (Å²) in [5.41, 5.74) is 0.632. The fourth-order valence-electron chi connectivity index (χ4n) is 1.40. The van der Waals surface area contributed by atoms with Gasteiger partial charge in [0.25, 0.3) is 5.69 Å². The van der Waals surface area contributed by atoms with Crippen molar-refractivity contribution in [3.8, 4) is 0 Å². The molecule has 0 saturated carbocycles. The zero-order valence-electron chi connectivity index (χ0n) is 10.5. The molecule has 1 aromatic carbocycles. The zero-order chi connectivity index (χ0) is 15.3. The van der Waals surface area contributed by atoms with Gasteiger partial charge in [-0.2, -0.15) is 0 Å². The van der Waals surface area contributed by atoms with E-state index in [1.165, 1.54) is 18.2 Å². The highest BCUT2D eigenvalue weighted by Gasteiger charge is 2.19. The van der Waals surface area contributed by atoms with Gasteiger partial charge in [-0.15, -0.1) is 0 Å². The third-order valence-corrected chi connectivity index (χ3v) is 2.46. The summed E-state index contributed by atoms with van der Waals surface area (Å²) in [5.74, 6) is -1.37. The highest BCUT2D eigenvalue weighted by molar-refractivity contribution is 5.93. The van der Waals surface area contributed by atoms with Gasteiger partial charge >= 0.3 is 12.0 Å². The number of nitrogens with one attached hydrogen (secondary N) is 2. The fraction of sp³-hybridized carbons (Fsp3) is 0.273. The van der Waals surface area contributed by atoms with Crippen LogP contribution >= 0.6 is 0 Å². The first-order chi connectivity index (χ1) is 9.35. The van der Waals surface area contributed by atoms with Gasteiger partial charge in [-0.1, -0.05) is 0 Å². The van der Waals surface area contributed by atoms with E-state index < -0.39 is 29.6 Å². The Hall–Kier alpha value is -2.68. The number of carbonyl (C=O) groups is 2. The Morgan fingerprint density at radius 1 is 1.45 bits per heavy atom. The van der Waals surface area contributed by atoms with E-state index in [9.17, 15) is 19.7 Å². The Kier molecular flexibility index (Phi) is 4.98.